The Hall–Kier alpha value is 0.400. The number of hydrogen-bond acceptors (Lipinski definition) is 2. The Labute approximate surface area is 102 Å². The van der Waals surface area contributed by atoms with Crippen LogP contribution in [0.5, 0.6) is 0 Å². The van der Waals surface area contributed by atoms with Crippen LogP contribution in [0.2, 0.25) is 0 Å². The Morgan fingerprint density at radius 2 is 1.93 bits per heavy atom. The number of ether oxygens (including phenoxy) is 2. The van der Waals surface area contributed by atoms with E-state index >= 15 is 0 Å². The van der Waals surface area contributed by atoms with Gasteiger partial charge < -0.3 is 9.47 Å². The van der Waals surface area contributed by atoms with E-state index in [1.54, 1.807) is 0 Å². The maximum atomic E-state index is 5.80. The van der Waals surface area contributed by atoms with Crippen molar-refractivity contribution >= 4 is 15.9 Å². The van der Waals surface area contributed by atoms with Crippen LogP contribution in [0, 0.1) is 0 Å². The number of unbranched alkanes of at least 4 members (excludes halogenated alkanes) is 1. The molecule has 0 aromatic heterocycles. The molecule has 0 radical (unpaired) electrons. The lowest BCUT2D eigenvalue weighted by Gasteiger charge is -2.27. The van der Waals surface area contributed by atoms with Crippen molar-refractivity contribution < 1.29 is 9.47 Å². The molecule has 2 unspecified atom stereocenters. The highest BCUT2D eigenvalue weighted by molar-refractivity contribution is 9.09. The van der Waals surface area contributed by atoms with Gasteiger partial charge in [-0.2, -0.15) is 0 Å². The quantitative estimate of drug-likeness (QED) is 0.524. The van der Waals surface area contributed by atoms with E-state index in [9.17, 15) is 0 Å². The van der Waals surface area contributed by atoms with E-state index in [1.807, 2.05) is 0 Å². The molecule has 0 N–H and O–H groups in total. The number of halogens is 1. The molecule has 1 saturated carbocycles. The lowest BCUT2D eigenvalue weighted by molar-refractivity contribution is -0.00650. The van der Waals surface area contributed by atoms with E-state index in [2.05, 4.69) is 22.9 Å². The third-order valence-corrected chi connectivity index (χ3v) is 3.87. The van der Waals surface area contributed by atoms with Crippen molar-refractivity contribution in [2.75, 3.05) is 19.8 Å². The first kappa shape index (κ1) is 13.5. The normalized spacial score (nSPS) is 26.8. The molecule has 0 spiro atoms. The summed E-state index contributed by atoms with van der Waals surface area (Å²) < 4.78 is 11.3. The SMILES string of the molecule is CCCCOCCOC1CCCCC1Br. The summed E-state index contributed by atoms with van der Waals surface area (Å²) >= 11 is 3.68. The summed E-state index contributed by atoms with van der Waals surface area (Å²) in [5.41, 5.74) is 0. The fraction of sp³-hybridized carbons (Fsp3) is 1.00. The largest absolute Gasteiger partial charge is 0.379 e. The molecule has 1 fully saturated rings. The van der Waals surface area contributed by atoms with Gasteiger partial charge in [0.2, 0.25) is 0 Å². The Morgan fingerprint density at radius 3 is 2.67 bits per heavy atom. The lowest BCUT2D eigenvalue weighted by atomic mass is 9.98. The molecule has 1 rings (SSSR count). The summed E-state index contributed by atoms with van der Waals surface area (Å²) in [6, 6.07) is 0. The topological polar surface area (TPSA) is 18.5 Å². The van der Waals surface area contributed by atoms with Gasteiger partial charge in [-0.05, 0) is 19.3 Å². The van der Waals surface area contributed by atoms with Crippen LogP contribution in [0.4, 0.5) is 0 Å². The summed E-state index contributed by atoms with van der Waals surface area (Å²) in [6.45, 7) is 4.55. The van der Waals surface area contributed by atoms with Gasteiger partial charge in [0.25, 0.3) is 0 Å². The van der Waals surface area contributed by atoms with Crippen molar-refractivity contribution in [1.29, 1.82) is 0 Å². The van der Waals surface area contributed by atoms with Gasteiger partial charge in [0.1, 0.15) is 0 Å². The molecule has 2 nitrogen and oxygen atoms in total. The summed E-state index contributed by atoms with van der Waals surface area (Å²) in [6.07, 6.45) is 7.86. The molecule has 0 aliphatic heterocycles. The van der Waals surface area contributed by atoms with E-state index < -0.39 is 0 Å². The molecule has 15 heavy (non-hydrogen) atoms. The van der Waals surface area contributed by atoms with Crippen LogP contribution in [0.3, 0.4) is 0 Å². The lowest BCUT2D eigenvalue weighted by Crippen LogP contribution is -2.29. The minimum Gasteiger partial charge on any atom is -0.379 e. The first-order valence-corrected chi connectivity index (χ1v) is 7.09. The zero-order valence-corrected chi connectivity index (χ0v) is 11.3. The Bertz CT molecular complexity index is 153. The molecule has 0 saturated heterocycles. The minimum absolute atomic E-state index is 0.411. The molecular weight excluding hydrogens is 256 g/mol. The third kappa shape index (κ3) is 5.88. The van der Waals surface area contributed by atoms with Crippen LogP contribution in [0.1, 0.15) is 45.4 Å². The van der Waals surface area contributed by atoms with Crippen molar-refractivity contribution in [3.63, 3.8) is 0 Å². The Kier molecular flexibility index (Phi) is 7.67. The molecule has 3 heteroatoms. The van der Waals surface area contributed by atoms with Crippen molar-refractivity contribution in [2.24, 2.45) is 0 Å². The van der Waals surface area contributed by atoms with E-state index in [-0.39, 0.29) is 0 Å². The second-order valence-corrected chi connectivity index (χ2v) is 5.35. The Morgan fingerprint density at radius 1 is 1.13 bits per heavy atom. The Balaban J connectivity index is 1.94. The van der Waals surface area contributed by atoms with Crippen LogP contribution in [-0.2, 0) is 9.47 Å². The molecule has 0 aromatic rings. The number of rotatable bonds is 7. The van der Waals surface area contributed by atoms with E-state index in [0.29, 0.717) is 10.9 Å². The molecule has 90 valence electrons. The molecule has 1 aliphatic carbocycles. The standard InChI is InChI=1S/C12H23BrO2/c1-2-3-8-14-9-10-15-12-7-5-4-6-11(12)13/h11-12H,2-10H2,1H3. The molecule has 0 heterocycles. The second kappa shape index (κ2) is 8.54. The zero-order valence-electron chi connectivity index (χ0n) is 9.71. The molecule has 0 aromatic carbocycles. The van der Waals surface area contributed by atoms with Crippen LogP contribution in [0.25, 0.3) is 0 Å². The summed E-state index contributed by atoms with van der Waals surface area (Å²) in [4.78, 5) is 0.557. The third-order valence-electron chi connectivity index (χ3n) is 2.82. The second-order valence-electron chi connectivity index (χ2n) is 4.18. The predicted octanol–water partition coefficient (Wildman–Crippen LogP) is 3.53. The highest BCUT2D eigenvalue weighted by atomic mass is 79.9. The summed E-state index contributed by atoms with van der Waals surface area (Å²) in [7, 11) is 0. The van der Waals surface area contributed by atoms with Gasteiger partial charge in [-0.15, -0.1) is 0 Å². The van der Waals surface area contributed by atoms with Crippen LogP contribution in [0.15, 0.2) is 0 Å². The van der Waals surface area contributed by atoms with E-state index in [0.717, 1.165) is 26.2 Å². The fourth-order valence-electron chi connectivity index (χ4n) is 1.85. The van der Waals surface area contributed by atoms with Gasteiger partial charge in [0.05, 0.1) is 19.3 Å². The van der Waals surface area contributed by atoms with Gasteiger partial charge in [-0.1, -0.05) is 42.1 Å². The average molecular weight is 279 g/mol. The summed E-state index contributed by atoms with van der Waals surface area (Å²) in [5.74, 6) is 0. The monoisotopic (exact) mass is 278 g/mol. The molecule has 0 bridgehead atoms. The number of alkyl halides is 1. The molecule has 2 atom stereocenters. The molecule has 0 amide bonds. The fourth-order valence-corrected chi connectivity index (χ4v) is 2.59. The van der Waals surface area contributed by atoms with Crippen molar-refractivity contribution in [3.8, 4) is 0 Å². The van der Waals surface area contributed by atoms with Gasteiger partial charge in [-0.3, -0.25) is 0 Å². The molecular formula is C12H23BrO2. The van der Waals surface area contributed by atoms with Gasteiger partial charge >= 0.3 is 0 Å². The van der Waals surface area contributed by atoms with Crippen molar-refractivity contribution in [3.05, 3.63) is 0 Å². The molecule has 1 aliphatic rings. The van der Waals surface area contributed by atoms with Crippen molar-refractivity contribution in [2.45, 2.75) is 56.4 Å². The van der Waals surface area contributed by atoms with Gasteiger partial charge in [0.15, 0.2) is 0 Å². The highest BCUT2D eigenvalue weighted by Gasteiger charge is 2.22. The van der Waals surface area contributed by atoms with Crippen LogP contribution >= 0.6 is 15.9 Å². The first-order chi connectivity index (χ1) is 7.34. The van der Waals surface area contributed by atoms with Gasteiger partial charge in [-0.25, -0.2) is 0 Å². The van der Waals surface area contributed by atoms with Crippen LogP contribution < -0.4 is 0 Å². The maximum Gasteiger partial charge on any atom is 0.0704 e. The minimum atomic E-state index is 0.411. The van der Waals surface area contributed by atoms with E-state index in [4.69, 9.17) is 9.47 Å². The van der Waals surface area contributed by atoms with E-state index in [1.165, 1.54) is 32.1 Å². The van der Waals surface area contributed by atoms with Crippen LogP contribution in [-0.4, -0.2) is 30.8 Å². The summed E-state index contributed by atoms with van der Waals surface area (Å²) in [5, 5.41) is 0. The highest BCUT2D eigenvalue weighted by Crippen LogP contribution is 2.26. The predicted molar refractivity (Wildman–Crippen MR) is 66.7 cm³/mol. The van der Waals surface area contributed by atoms with Gasteiger partial charge in [0, 0.05) is 11.4 Å². The zero-order chi connectivity index (χ0) is 10.9. The average Bonchev–Trinajstić information content (AvgIpc) is 2.25. The maximum absolute atomic E-state index is 5.80. The first-order valence-electron chi connectivity index (χ1n) is 6.18. The number of hydrogen-bond donors (Lipinski definition) is 0. The van der Waals surface area contributed by atoms with Crippen molar-refractivity contribution in [1.82, 2.24) is 0 Å². The smallest absolute Gasteiger partial charge is 0.0704 e.